The maximum absolute atomic E-state index is 12.6. The first kappa shape index (κ1) is 15.7. The van der Waals surface area contributed by atoms with Crippen LogP contribution >= 0.6 is 0 Å². The summed E-state index contributed by atoms with van der Waals surface area (Å²) in [6, 6.07) is 11.5. The Morgan fingerprint density at radius 2 is 1.82 bits per heavy atom. The van der Waals surface area contributed by atoms with E-state index >= 15 is 0 Å². The fourth-order valence-corrected chi connectivity index (χ4v) is 1.72. The molecule has 22 heavy (non-hydrogen) atoms. The quantitative estimate of drug-likeness (QED) is 0.837. The largest absolute Gasteiger partial charge is 0.507 e. The Kier molecular flexibility index (Phi) is 4.55. The van der Waals surface area contributed by atoms with Gasteiger partial charge in [0.05, 0.1) is 5.56 Å². The van der Waals surface area contributed by atoms with Gasteiger partial charge in [0.1, 0.15) is 12.4 Å². The van der Waals surface area contributed by atoms with E-state index in [0.29, 0.717) is 6.07 Å². The van der Waals surface area contributed by atoms with Crippen LogP contribution in [0, 0.1) is 0 Å². The highest BCUT2D eigenvalue weighted by Crippen LogP contribution is 2.37. The van der Waals surface area contributed by atoms with Crippen LogP contribution in [-0.2, 0) is 17.5 Å². The lowest BCUT2D eigenvalue weighted by Gasteiger charge is -2.12. The molecule has 0 spiro atoms. The fourth-order valence-electron chi connectivity index (χ4n) is 1.72. The summed E-state index contributed by atoms with van der Waals surface area (Å²) < 4.78 is 42.8. The number of phenolic OH excluding ortho intramolecular Hbond substituents is 1. The van der Waals surface area contributed by atoms with E-state index in [9.17, 15) is 23.1 Å². The number of aromatic hydroxyl groups is 1. The van der Waals surface area contributed by atoms with E-state index in [2.05, 4.69) is 5.32 Å². The van der Waals surface area contributed by atoms with E-state index in [0.717, 1.165) is 17.7 Å². The van der Waals surface area contributed by atoms with Gasteiger partial charge in [-0.3, -0.25) is 5.32 Å². The monoisotopic (exact) mass is 311 g/mol. The molecule has 0 unspecified atom stereocenters. The number of benzene rings is 2. The molecule has 116 valence electrons. The molecule has 4 nitrogen and oxygen atoms in total. The normalized spacial score (nSPS) is 11.0. The van der Waals surface area contributed by atoms with Crippen LogP contribution in [0.3, 0.4) is 0 Å². The average Bonchev–Trinajstić information content (AvgIpc) is 2.47. The van der Waals surface area contributed by atoms with Crippen LogP contribution < -0.4 is 5.32 Å². The minimum absolute atomic E-state index is 0.00309. The van der Waals surface area contributed by atoms with Crippen molar-refractivity contribution in [3.8, 4) is 5.75 Å². The van der Waals surface area contributed by atoms with Crippen molar-refractivity contribution in [1.82, 2.24) is 0 Å². The second-order valence-corrected chi connectivity index (χ2v) is 4.42. The molecular formula is C15H12F3NO3. The minimum atomic E-state index is -4.71. The first-order valence-corrected chi connectivity index (χ1v) is 6.24. The van der Waals surface area contributed by atoms with Crippen LogP contribution in [0.5, 0.6) is 5.75 Å². The van der Waals surface area contributed by atoms with E-state index < -0.39 is 23.6 Å². The van der Waals surface area contributed by atoms with Gasteiger partial charge in [-0.2, -0.15) is 13.2 Å². The molecule has 0 bridgehead atoms. The van der Waals surface area contributed by atoms with Gasteiger partial charge in [-0.15, -0.1) is 0 Å². The highest BCUT2D eigenvalue weighted by atomic mass is 19.4. The van der Waals surface area contributed by atoms with E-state index in [-0.39, 0.29) is 12.3 Å². The van der Waals surface area contributed by atoms with Crippen molar-refractivity contribution in [2.45, 2.75) is 12.8 Å². The number of nitrogens with one attached hydrogen (secondary N) is 1. The van der Waals surface area contributed by atoms with Gasteiger partial charge in [0.2, 0.25) is 0 Å². The van der Waals surface area contributed by atoms with E-state index in [1.165, 1.54) is 0 Å². The van der Waals surface area contributed by atoms with Gasteiger partial charge in [-0.25, -0.2) is 4.79 Å². The topological polar surface area (TPSA) is 58.6 Å². The third-order valence-electron chi connectivity index (χ3n) is 2.76. The van der Waals surface area contributed by atoms with E-state index in [4.69, 9.17) is 4.74 Å². The van der Waals surface area contributed by atoms with Gasteiger partial charge >= 0.3 is 12.3 Å². The predicted molar refractivity (Wildman–Crippen MR) is 73.4 cm³/mol. The summed E-state index contributed by atoms with van der Waals surface area (Å²) in [4.78, 5) is 11.6. The zero-order valence-corrected chi connectivity index (χ0v) is 11.2. The van der Waals surface area contributed by atoms with Crippen molar-refractivity contribution in [2.75, 3.05) is 5.32 Å². The molecular weight excluding hydrogens is 299 g/mol. The summed E-state index contributed by atoms with van der Waals surface area (Å²) in [5.74, 6) is -0.907. The fraction of sp³-hybridized carbons (Fsp3) is 0.133. The molecule has 2 aromatic carbocycles. The Labute approximate surface area is 124 Å². The molecule has 0 radical (unpaired) electrons. The van der Waals surface area contributed by atoms with Gasteiger partial charge < -0.3 is 9.84 Å². The van der Waals surface area contributed by atoms with Crippen molar-refractivity contribution in [1.29, 1.82) is 0 Å². The SMILES string of the molecule is O=C(Nc1ccc(O)c(C(F)(F)F)c1)OCc1ccccc1. The van der Waals surface area contributed by atoms with Crippen LogP contribution in [0.25, 0.3) is 0 Å². The van der Waals surface area contributed by atoms with E-state index in [1.807, 2.05) is 0 Å². The van der Waals surface area contributed by atoms with E-state index in [1.54, 1.807) is 30.3 Å². The van der Waals surface area contributed by atoms with Crippen LogP contribution in [0.2, 0.25) is 0 Å². The lowest BCUT2D eigenvalue weighted by atomic mass is 10.1. The number of hydrogen-bond donors (Lipinski definition) is 2. The van der Waals surface area contributed by atoms with Crippen LogP contribution in [0.1, 0.15) is 11.1 Å². The number of phenols is 1. The molecule has 2 N–H and O–H groups in total. The maximum Gasteiger partial charge on any atom is 0.420 e. The van der Waals surface area contributed by atoms with Gasteiger partial charge in [-0.05, 0) is 23.8 Å². The zero-order valence-electron chi connectivity index (χ0n) is 11.2. The highest BCUT2D eigenvalue weighted by Gasteiger charge is 2.34. The van der Waals surface area contributed by atoms with Gasteiger partial charge in [0, 0.05) is 5.69 Å². The van der Waals surface area contributed by atoms with Crippen molar-refractivity contribution < 1.29 is 27.8 Å². The van der Waals surface area contributed by atoms with Crippen molar-refractivity contribution >= 4 is 11.8 Å². The molecule has 2 rings (SSSR count). The summed E-state index contributed by atoms with van der Waals surface area (Å²) in [6.07, 6.45) is -5.60. The molecule has 0 aliphatic heterocycles. The Bertz CT molecular complexity index is 657. The van der Waals surface area contributed by atoms with Crippen LogP contribution in [0.4, 0.5) is 23.7 Å². The molecule has 0 aliphatic rings. The summed E-state index contributed by atoms with van der Waals surface area (Å²) in [5.41, 5.74) is -0.601. The van der Waals surface area contributed by atoms with Crippen LogP contribution in [-0.4, -0.2) is 11.2 Å². The molecule has 7 heteroatoms. The summed E-state index contributed by atoms with van der Waals surface area (Å²) in [6.45, 7) is -0.00309. The van der Waals surface area contributed by atoms with Gasteiger partial charge in [-0.1, -0.05) is 30.3 Å². The number of halogens is 3. The van der Waals surface area contributed by atoms with Gasteiger partial charge in [0.25, 0.3) is 0 Å². The molecule has 0 aliphatic carbocycles. The molecule has 0 fully saturated rings. The maximum atomic E-state index is 12.6. The number of hydrogen-bond acceptors (Lipinski definition) is 3. The molecule has 0 saturated heterocycles. The zero-order chi connectivity index (χ0) is 16.2. The number of rotatable bonds is 3. The van der Waals surface area contributed by atoms with Gasteiger partial charge in [0.15, 0.2) is 0 Å². The Morgan fingerprint density at radius 1 is 1.14 bits per heavy atom. The molecule has 2 aromatic rings. The smallest absolute Gasteiger partial charge is 0.420 e. The number of carbonyl (C=O) groups excluding carboxylic acids is 1. The van der Waals surface area contributed by atoms with Crippen molar-refractivity contribution in [3.63, 3.8) is 0 Å². The molecule has 0 atom stereocenters. The third-order valence-corrected chi connectivity index (χ3v) is 2.76. The Balaban J connectivity index is 2.00. The molecule has 0 saturated carbocycles. The first-order chi connectivity index (χ1) is 10.4. The molecule has 0 heterocycles. The number of carbonyl (C=O) groups is 1. The standard InChI is InChI=1S/C15H12F3NO3/c16-15(17,18)12-8-11(6-7-13(12)20)19-14(21)22-9-10-4-2-1-3-5-10/h1-8,20H,9H2,(H,19,21). The lowest BCUT2D eigenvalue weighted by molar-refractivity contribution is -0.138. The van der Waals surface area contributed by atoms with Crippen LogP contribution in [0.15, 0.2) is 48.5 Å². The second kappa shape index (κ2) is 6.38. The summed E-state index contributed by atoms with van der Waals surface area (Å²) >= 11 is 0. The second-order valence-electron chi connectivity index (χ2n) is 4.42. The number of ether oxygens (including phenoxy) is 1. The number of alkyl halides is 3. The third kappa shape index (κ3) is 4.15. The molecule has 1 amide bonds. The molecule has 0 aromatic heterocycles. The van der Waals surface area contributed by atoms with Crippen molar-refractivity contribution in [3.05, 3.63) is 59.7 Å². The average molecular weight is 311 g/mol. The Hall–Kier alpha value is -2.70. The lowest BCUT2D eigenvalue weighted by Crippen LogP contribution is -2.14. The Morgan fingerprint density at radius 3 is 2.45 bits per heavy atom. The predicted octanol–water partition coefficient (Wildman–Crippen LogP) is 4.16. The summed E-state index contributed by atoms with van der Waals surface area (Å²) in [7, 11) is 0. The summed E-state index contributed by atoms with van der Waals surface area (Å²) in [5, 5.41) is 11.4. The first-order valence-electron chi connectivity index (χ1n) is 6.24. The number of anilines is 1. The highest BCUT2D eigenvalue weighted by molar-refractivity contribution is 5.84. The van der Waals surface area contributed by atoms with Crippen molar-refractivity contribution in [2.24, 2.45) is 0 Å². The minimum Gasteiger partial charge on any atom is -0.507 e. The number of amides is 1.